The van der Waals surface area contributed by atoms with Crippen molar-refractivity contribution >= 4 is 5.91 Å². The fourth-order valence-electron chi connectivity index (χ4n) is 4.11. The molecule has 172 valence electrons. The smallest absolute Gasteiger partial charge is 0.267 e. The first-order valence-corrected chi connectivity index (χ1v) is 10.8. The highest BCUT2D eigenvalue weighted by molar-refractivity contribution is 5.75. The number of nitrogens with zero attached hydrogens (tertiary/aromatic N) is 2. The van der Waals surface area contributed by atoms with Crippen LogP contribution in [0.5, 0.6) is 5.75 Å². The first kappa shape index (κ1) is 22.7. The third-order valence-electron chi connectivity index (χ3n) is 6.09. The van der Waals surface area contributed by atoms with Crippen molar-refractivity contribution < 1.29 is 18.7 Å². The predicted octanol–water partition coefficient (Wildman–Crippen LogP) is 2.92. The van der Waals surface area contributed by atoms with E-state index in [0.29, 0.717) is 25.5 Å². The summed E-state index contributed by atoms with van der Waals surface area (Å²) in [6.07, 6.45) is 1.53. The van der Waals surface area contributed by atoms with Crippen LogP contribution in [-0.4, -0.2) is 42.6 Å². The van der Waals surface area contributed by atoms with Crippen LogP contribution in [0.15, 0.2) is 65.5 Å². The average molecular weight is 451 g/mol. The van der Waals surface area contributed by atoms with Crippen LogP contribution in [0.2, 0.25) is 0 Å². The normalized spacial score (nSPS) is 15.1. The molecular formula is C25H26FN3O4. The molecule has 0 bridgehead atoms. The van der Waals surface area contributed by atoms with Crippen molar-refractivity contribution in [2.24, 2.45) is 0 Å². The minimum absolute atomic E-state index is 0.254. The Hall–Kier alpha value is -3.52. The number of halogens is 1. The van der Waals surface area contributed by atoms with Gasteiger partial charge in [0, 0.05) is 36.8 Å². The molecule has 33 heavy (non-hydrogen) atoms. The minimum Gasteiger partial charge on any atom is -0.497 e. The van der Waals surface area contributed by atoms with E-state index in [4.69, 9.17) is 9.47 Å². The van der Waals surface area contributed by atoms with Gasteiger partial charge in [-0.15, -0.1) is 0 Å². The van der Waals surface area contributed by atoms with E-state index < -0.39 is 11.4 Å². The Labute approximate surface area is 191 Å². The molecule has 2 aromatic carbocycles. The van der Waals surface area contributed by atoms with E-state index in [1.54, 1.807) is 25.3 Å². The molecule has 1 saturated heterocycles. The molecule has 7 nitrogen and oxygen atoms in total. The van der Waals surface area contributed by atoms with E-state index in [0.717, 1.165) is 28.8 Å². The predicted molar refractivity (Wildman–Crippen MR) is 122 cm³/mol. The zero-order valence-corrected chi connectivity index (χ0v) is 18.4. The molecule has 0 spiro atoms. The largest absolute Gasteiger partial charge is 0.497 e. The van der Waals surface area contributed by atoms with Crippen LogP contribution in [0, 0.1) is 5.82 Å². The summed E-state index contributed by atoms with van der Waals surface area (Å²) in [6, 6.07) is 16.8. The molecule has 1 aliphatic heterocycles. The van der Waals surface area contributed by atoms with Crippen LogP contribution < -0.4 is 15.6 Å². The fourth-order valence-corrected chi connectivity index (χ4v) is 4.11. The first-order chi connectivity index (χ1) is 16.0. The van der Waals surface area contributed by atoms with E-state index in [-0.39, 0.29) is 23.4 Å². The Kier molecular flexibility index (Phi) is 6.84. The van der Waals surface area contributed by atoms with E-state index in [1.807, 2.05) is 24.3 Å². The quantitative estimate of drug-likeness (QED) is 0.597. The van der Waals surface area contributed by atoms with Gasteiger partial charge < -0.3 is 14.8 Å². The number of amides is 1. The SMILES string of the molecule is COc1ccc(C2(CNC(=O)Cn3nc(-c4ccccc4F)ccc3=O)CCOCC2)cc1. The number of hydrogen-bond donors (Lipinski definition) is 1. The summed E-state index contributed by atoms with van der Waals surface area (Å²) in [5, 5.41) is 7.17. The standard InChI is InChI=1S/C25H26FN3O4/c1-32-19-8-6-18(7-9-19)25(12-14-33-15-13-25)17-27-23(30)16-29-24(31)11-10-22(28-29)20-4-2-3-5-21(20)26/h2-11H,12-17H2,1H3,(H,27,30). The van der Waals surface area contributed by atoms with Crippen molar-refractivity contribution in [1.29, 1.82) is 0 Å². The number of methoxy groups -OCH3 is 1. The number of benzene rings is 2. The first-order valence-electron chi connectivity index (χ1n) is 10.8. The molecule has 2 heterocycles. The molecule has 0 radical (unpaired) electrons. The monoisotopic (exact) mass is 451 g/mol. The summed E-state index contributed by atoms with van der Waals surface area (Å²) < 4.78 is 26.0. The van der Waals surface area contributed by atoms with Gasteiger partial charge in [-0.1, -0.05) is 24.3 Å². The topological polar surface area (TPSA) is 82.5 Å². The lowest BCUT2D eigenvalue weighted by Gasteiger charge is -2.38. The maximum absolute atomic E-state index is 14.1. The third kappa shape index (κ3) is 5.12. The second-order valence-electron chi connectivity index (χ2n) is 8.09. The summed E-state index contributed by atoms with van der Waals surface area (Å²) >= 11 is 0. The molecule has 8 heteroatoms. The maximum Gasteiger partial charge on any atom is 0.267 e. The number of carbonyl (C=O) groups is 1. The highest BCUT2D eigenvalue weighted by atomic mass is 19.1. The van der Waals surface area contributed by atoms with Gasteiger partial charge in [-0.2, -0.15) is 5.10 Å². The number of hydrogen-bond acceptors (Lipinski definition) is 5. The molecule has 0 aliphatic carbocycles. The van der Waals surface area contributed by atoms with Gasteiger partial charge in [0.05, 0.1) is 12.8 Å². The number of rotatable bonds is 7. The molecule has 4 rings (SSSR count). The van der Waals surface area contributed by atoms with Crippen molar-refractivity contribution in [3.8, 4) is 17.0 Å². The second-order valence-corrected chi connectivity index (χ2v) is 8.09. The number of carbonyl (C=O) groups excluding carboxylic acids is 1. The minimum atomic E-state index is -0.444. The molecule has 1 aliphatic rings. The highest BCUT2D eigenvalue weighted by Crippen LogP contribution is 2.35. The van der Waals surface area contributed by atoms with Gasteiger partial charge in [0.25, 0.3) is 5.56 Å². The zero-order valence-electron chi connectivity index (χ0n) is 18.4. The van der Waals surface area contributed by atoms with E-state index >= 15 is 0 Å². The fraction of sp³-hybridized carbons (Fsp3) is 0.320. The lowest BCUT2D eigenvalue weighted by molar-refractivity contribution is -0.122. The lowest BCUT2D eigenvalue weighted by Crippen LogP contribution is -2.46. The summed E-state index contributed by atoms with van der Waals surface area (Å²) in [5.41, 5.74) is 0.963. The third-order valence-corrected chi connectivity index (χ3v) is 6.09. The Morgan fingerprint density at radius 3 is 2.55 bits per heavy atom. The van der Waals surface area contributed by atoms with Gasteiger partial charge in [0.15, 0.2) is 0 Å². The Bertz CT molecular complexity index is 1170. The van der Waals surface area contributed by atoms with Crippen molar-refractivity contribution in [1.82, 2.24) is 15.1 Å². The molecule has 0 unspecified atom stereocenters. The van der Waals surface area contributed by atoms with Crippen LogP contribution in [0.4, 0.5) is 4.39 Å². The average Bonchev–Trinajstić information content (AvgIpc) is 2.85. The van der Waals surface area contributed by atoms with E-state index in [2.05, 4.69) is 10.4 Å². The van der Waals surface area contributed by atoms with Crippen LogP contribution >= 0.6 is 0 Å². The zero-order chi connectivity index (χ0) is 23.3. The second kappa shape index (κ2) is 9.95. The molecule has 0 atom stereocenters. The van der Waals surface area contributed by atoms with Crippen LogP contribution in [0.1, 0.15) is 18.4 Å². The molecule has 0 saturated carbocycles. The highest BCUT2D eigenvalue weighted by Gasteiger charge is 2.35. The van der Waals surface area contributed by atoms with Crippen molar-refractivity contribution in [3.63, 3.8) is 0 Å². The van der Waals surface area contributed by atoms with Crippen molar-refractivity contribution in [2.45, 2.75) is 24.8 Å². The van der Waals surface area contributed by atoms with E-state index in [9.17, 15) is 14.0 Å². The van der Waals surface area contributed by atoms with E-state index in [1.165, 1.54) is 18.2 Å². The lowest BCUT2D eigenvalue weighted by atomic mass is 9.74. The van der Waals surface area contributed by atoms with Gasteiger partial charge >= 0.3 is 0 Å². The van der Waals surface area contributed by atoms with Crippen LogP contribution in [0.3, 0.4) is 0 Å². The van der Waals surface area contributed by atoms with Crippen molar-refractivity contribution in [2.75, 3.05) is 26.9 Å². The number of ether oxygens (including phenoxy) is 2. The molecule has 1 amide bonds. The van der Waals surface area contributed by atoms with Gasteiger partial charge in [-0.05, 0) is 48.7 Å². The van der Waals surface area contributed by atoms with Gasteiger partial charge in [0.1, 0.15) is 18.1 Å². The molecule has 1 N–H and O–H groups in total. The Morgan fingerprint density at radius 1 is 1.12 bits per heavy atom. The molecular weight excluding hydrogens is 425 g/mol. The summed E-state index contributed by atoms with van der Waals surface area (Å²) in [7, 11) is 1.62. The van der Waals surface area contributed by atoms with Crippen molar-refractivity contribution in [3.05, 3.63) is 82.4 Å². The summed E-state index contributed by atoms with van der Waals surface area (Å²) in [6.45, 7) is 1.36. The van der Waals surface area contributed by atoms with Gasteiger partial charge in [-0.25, -0.2) is 9.07 Å². The molecule has 1 fully saturated rings. The molecule has 1 aromatic heterocycles. The van der Waals surface area contributed by atoms with Crippen LogP contribution in [-0.2, 0) is 21.5 Å². The summed E-state index contributed by atoms with van der Waals surface area (Å²) in [5.74, 6) is -0.0135. The van der Waals surface area contributed by atoms with Crippen LogP contribution in [0.25, 0.3) is 11.3 Å². The Balaban J connectivity index is 1.49. The molecule has 3 aromatic rings. The number of nitrogens with one attached hydrogen (secondary N) is 1. The Morgan fingerprint density at radius 2 is 1.85 bits per heavy atom. The number of aromatic nitrogens is 2. The van der Waals surface area contributed by atoms with Gasteiger partial charge in [0.2, 0.25) is 5.91 Å². The maximum atomic E-state index is 14.1. The summed E-state index contributed by atoms with van der Waals surface area (Å²) in [4.78, 5) is 25.0. The van der Waals surface area contributed by atoms with Gasteiger partial charge in [-0.3, -0.25) is 9.59 Å².